The molecule has 2 aliphatic heterocycles. The molecule has 126 valence electrons. The molecule has 3 heterocycles. The van der Waals surface area contributed by atoms with Crippen LogP contribution in [0, 0.1) is 12.3 Å². The van der Waals surface area contributed by atoms with Gasteiger partial charge in [-0.25, -0.2) is 0 Å². The van der Waals surface area contributed by atoms with Gasteiger partial charge in [-0.15, -0.1) is 0 Å². The molecule has 23 heavy (non-hydrogen) atoms. The highest BCUT2D eigenvalue weighted by molar-refractivity contribution is 5.78. The average molecular weight is 320 g/mol. The van der Waals surface area contributed by atoms with Gasteiger partial charge in [-0.1, -0.05) is 0 Å². The summed E-state index contributed by atoms with van der Waals surface area (Å²) in [5, 5.41) is 0. The zero-order valence-corrected chi connectivity index (χ0v) is 14.2. The van der Waals surface area contributed by atoms with Gasteiger partial charge in [0.15, 0.2) is 5.75 Å². The van der Waals surface area contributed by atoms with Crippen LogP contribution in [-0.4, -0.2) is 42.2 Å². The van der Waals surface area contributed by atoms with Crippen molar-refractivity contribution in [1.29, 1.82) is 0 Å². The first kappa shape index (κ1) is 16.4. The van der Waals surface area contributed by atoms with Crippen LogP contribution in [0.3, 0.4) is 0 Å². The Morgan fingerprint density at radius 2 is 2.04 bits per heavy atom. The van der Waals surface area contributed by atoms with Crippen LogP contribution < -0.4 is 4.74 Å². The number of rotatable bonds is 2. The van der Waals surface area contributed by atoms with E-state index in [1.165, 1.54) is 0 Å². The third-order valence-corrected chi connectivity index (χ3v) is 4.16. The Morgan fingerprint density at radius 3 is 2.70 bits per heavy atom. The molecule has 3 rings (SSSR count). The zero-order chi connectivity index (χ0) is 16.6. The molecule has 0 aromatic carbocycles. The number of ether oxygens (including phenoxy) is 3. The van der Waals surface area contributed by atoms with E-state index < -0.39 is 5.41 Å². The van der Waals surface area contributed by atoms with E-state index in [-0.39, 0.29) is 12.2 Å². The van der Waals surface area contributed by atoms with Gasteiger partial charge in [0.1, 0.15) is 6.23 Å². The lowest BCUT2D eigenvalue weighted by atomic mass is 9.97. The summed E-state index contributed by atoms with van der Waals surface area (Å²) in [5.41, 5.74) is 2.08. The second-order valence-corrected chi connectivity index (χ2v) is 7.06. The highest BCUT2D eigenvalue weighted by atomic mass is 16.5. The number of morpholine rings is 1. The second-order valence-electron chi connectivity index (χ2n) is 7.06. The number of hydrogen-bond acceptors (Lipinski definition) is 6. The topological polar surface area (TPSA) is 60.9 Å². The molecule has 0 amide bonds. The van der Waals surface area contributed by atoms with E-state index in [0.717, 1.165) is 24.2 Å². The van der Waals surface area contributed by atoms with Crippen molar-refractivity contribution < 1.29 is 19.0 Å². The minimum atomic E-state index is -0.566. The van der Waals surface area contributed by atoms with Gasteiger partial charge in [-0.3, -0.25) is 14.7 Å². The van der Waals surface area contributed by atoms with E-state index in [2.05, 4.69) is 9.88 Å². The van der Waals surface area contributed by atoms with Crippen molar-refractivity contribution in [2.45, 2.75) is 40.5 Å². The number of fused-ring (bicyclic) bond motifs is 1. The number of carbonyl (C=O) groups is 1. The molecule has 1 unspecified atom stereocenters. The second kappa shape index (κ2) is 6.19. The fraction of sp³-hybridized carbons (Fsp3) is 0.647. The lowest BCUT2D eigenvalue weighted by Gasteiger charge is -2.32. The maximum Gasteiger partial charge on any atom is 0.316 e. The summed E-state index contributed by atoms with van der Waals surface area (Å²) >= 11 is 0. The third-order valence-electron chi connectivity index (χ3n) is 4.16. The normalized spacial score (nSPS) is 22.0. The van der Waals surface area contributed by atoms with E-state index in [9.17, 15) is 4.79 Å². The maximum absolute atomic E-state index is 12.3. The van der Waals surface area contributed by atoms with Gasteiger partial charge in [0, 0.05) is 30.4 Å². The summed E-state index contributed by atoms with van der Waals surface area (Å²) in [5.74, 6) is 0.292. The van der Waals surface area contributed by atoms with Crippen molar-refractivity contribution in [1.82, 2.24) is 9.88 Å². The minimum absolute atomic E-state index is 0.196. The molecule has 1 saturated heterocycles. The van der Waals surface area contributed by atoms with Crippen LogP contribution in [0.5, 0.6) is 5.75 Å². The number of pyridine rings is 1. The molecule has 0 saturated carbocycles. The van der Waals surface area contributed by atoms with Crippen LogP contribution in [0.15, 0.2) is 6.20 Å². The van der Waals surface area contributed by atoms with Gasteiger partial charge >= 0.3 is 5.97 Å². The molecule has 6 nitrogen and oxygen atoms in total. The lowest BCUT2D eigenvalue weighted by Crippen LogP contribution is -2.39. The summed E-state index contributed by atoms with van der Waals surface area (Å²) in [4.78, 5) is 18.9. The largest absolute Gasteiger partial charge is 0.424 e. The Balaban J connectivity index is 1.94. The van der Waals surface area contributed by atoms with E-state index in [4.69, 9.17) is 14.2 Å². The van der Waals surface area contributed by atoms with Crippen molar-refractivity contribution in [2.75, 3.05) is 26.3 Å². The highest BCUT2D eigenvalue weighted by Crippen LogP contribution is 2.41. The smallest absolute Gasteiger partial charge is 0.316 e. The van der Waals surface area contributed by atoms with Gasteiger partial charge in [0.05, 0.1) is 30.9 Å². The molecule has 6 heteroatoms. The Labute approximate surface area is 136 Å². The first-order valence-corrected chi connectivity index (χ1v) is 8.02. The quantitative estimate of drug-likeness (QED) is 0.779. The Bertz CT molecular complexity index is 603. The van der Waals surface area contributed by atoms with Crippen molar-refractivity contribution in [3.05, 3.63) is 23.0 Å². The molecule has 0 spiro atoms. The van der Waals surface area contributed by atoms with Crippen molar-refractivity contribution in [3.8, 4) is 5.75 Å². The van der Waals surface area contributed by atoms with E-state index in [0.29, 0.717) is 31.3 Å². The monoisotopic (exact) mass is 320 g/mol. The molecule has 0 N–H and O–H groups in total. The number of nitrogens with zero attached hydrogens (tertiary/aromatic N) is 2. The minimum Gasteiger partial charge on any atom is -0.424 e. The van der Waals surface area contributed by atoms with Crippen LogP contribution in [-0.2, 0) is 20.9 Å². The number of esters is 1. The van der Waals surface area contributed by atoms with Crippen molar-refractivity contribution in [2.24, 2.45) is 5.41 Å². The average Bonchev–Trinajstić information content (AvgIpc) is 2.94. The molecule has 1 aromatic heterocycles. The van der Waals surface area contributed by atoms with Crippen molar-refractivity contribution >= 4 is 5.97 Å². The maximum atomic E-state index is 12.3. The molecule has 0 bridgehead atoms. The van der Waals surface area contributed by atoms with Crippen LogP contribution in [0.2, 0.25) is 0 Å². The number of carbonyl (C=O) groups excluding carboxylic acids is 1. The van der Waals surface area contributed by atoms with E-state index >= 15 is 0 Å². The lowest BCUT2D eigenvalue weighted by molar-refractivity contribution is -0.143. The molecular formula is C17H24N2O4. The van der Waals surface area contributed by atoms with Crippen molar-refractivity contribution in [3.63, 3.8) is 0 Å². The van der Waals surface area contributed by atoms with Gasteiger partial charge in [0.2, 0.25) is 0 Å². The van der Waals surface area contributed by atoms with Crippen LogP contribution in [0.25, 0.3) is 0 Å². The van der Waals surface area contributed by atoms with Crippen LogP contribution >= 0.6 is 0 Å². The summed E-state index contributed by atoms with van der Waals surface area (Å²) in [6, 6.07) is 0. The Hall–Kier alpha value is -1.50. The predicted molar refractivity (Wildman–Crippen MR) is 84.0 cm³/mol. The van der Waals surface area contributed by atoms with Gasteiger partial charge < -0.3 is 14.2 Å². The summed E-state index contributed by atoms with van der Waals surface area (Å²) in [6.45, 7) is 10.9. The highest BCUT2D eigenvalue weighted by Gasteiger charge is 2.36. The van der Waals surface area contributed by atoms with Gasteiger partial charge in [-0.05, 0) is 27.7 Å². The van der Waals surface area contributed by atoms with Crippen LogP contribution in [0.4, 0.5) is 0 Å². The first-order valence-electron chi connectivity index (χ1n) is 8.02. The Kier molecular flexibility index (Phi) is 4.40. The third kappa shape index (κ3) is 3.24. The molecular weight excluding hydrogens is 296 g/mol. The SMILES string of the molecule is Cc1ncc2c(c1OC(=O)C(C)(C)C)C(N1CCOCC1)OC2. The summed E-state index contributed by atoms with van der Waals surface area (Å²) in [7, 11) is 0. The summed E-state index contributed by atoms with van der Waals surface area (Å²) in [6.07, 6.45) is 1.62. The zero-order valence-electron chi connectivity index (χ0n) is 14.2. The standard InChI is InChI=1S/C17H24N2O4/c1-11-14(23-16(20)17(2,3)4)13-12(9-18-11)10-22-15(13)19-5-7-21-8-6-19/h9,15H,5-8,10H2,1-4H3. The molecule has 1 atom stereocenters. The van der Waals surface area contributed by atoms with Crippen LogP contribution in [0.1, 0.15) is 43.8 Å². The fourth-order valence-electron chi connectivity index (χ4n) is 2.76. The number of hydrogen-bond donors (Lipinski definition) is 0. The fourth-order valence-corrected chi connectivity index (χ4v) is 2.76. The molecule has 1 fully saturated rings. The number of aryl methyl sites for hydroxylation is 1. The molecule has 1 aromatic rings. The summed E-state index contributed by atoms with van der Waals surface area (Å²) < 4.78 is 17.1. The molecule has 0 radical (unpaired) electrons. The predicted octanol–water partition coefficient (Wildman–Crippen LogP) is 2.20. The first-order chi connectivity index (χ1) is 10.9. The number of aromatic nitrogens is 1. The molecule has 0 aliphatic carbocycles. The van der Waals surface area contributed by atoms with Gasteiger partial charge in [0.25, 0.3) is 0 Å². The van der Waals surface area contributed by atoms with E-state index in [1.54, 1.807) is 0 Å². The Morgan fingerprint density at radius 1 is 1.35 bits per heavy atom. The van der Waals surface area contributed by atoms with E-state index in [1.807, 2.05) is 33.9 Å². The van der Waals surface area contributed by atoms with Gasteiger partial charge in [-0.2, -0.15) is 0 Å². The molecule has 2 aliphatic rings.